The fourth-order valence-electron chi connectivity index (χ4n) is 2.22. The van der Waals surface area contributed by atoms with Gasteiger partial charge in [-0.1, -0.05) is 56.1 Å². The molecule has 0 fully saturated rings. The minimum Gasteiger partial charge on any atom is -0.489 e. The highest BCUT2D eigenvalue weighted by Gasteiger charge is 2.13. The van der Waals surface area contributed by atoms with Crippen LogP contribution in [-0.2, 0) is 5.41 Å². The van der Waals surface area contributed by atoms with Crippen LogP contribution in [0.25, 0.3) is 0 Å². The largest absolute Gasteiger partial charge is 0.489 e. The van der Waals surface area contributed by atoms with Gasteiger partial charge in [0.25, 0.3) is 0 Å². The zero-order valence-corrected chi connectivity index (χ0v) is 15.5. The first-order valence-electron chi connectivity index (χ1n) is 7.71. The van der Waals surface area contributed by atoms with E-state index in [1.807, 2.05) is 31.2 Å². The highest BCUT2D eigenvalue weighted by Crippen LogP contribution is 2.25. The van der Waals surface area contributed by atoms with Gasteiger partial charge in [-0.15, -0.1) is 0 Å². The van der Waals surface area contributed by atoms with Gasteiger partial charge in [0.05, 0.1) is 6.54 Å². The lowest BCUT2D eigenvalue weighted by atomic mass is 9.87. The Morgan fingerprint density at radius 2 is 1.57 bits per heavy atom. The van der Waals surface area contributed by atoms with Crippen molar-refractivity contribution in [2.75, 3.05) is 11.9 Å². The SMILES string of the molecule is CC(CNc1cc(Cl)cc(Cl)c1)Oc1ccc(C(C)(C)C)cc1. The molecule has 0 aromatic heterocycles. The van der Waals surface area contributed by atoms with E-state index in [1.165, 1.54) is 5.56 Å². The molecule has 1 N–H and O–H groups in total. The number of hydrogen-bond donors (Lipinski definition) is 1. The molecule has 124 valence electrons. The molecule has 0 heterocycles. The quantitative estimate of drug-likeness (QED) is 0.695. The molecule has 4 heteroatoms. The molecule has 0 aliphatic heterocycles. The summed E-state index contributed by atoms with van der Waals surface area (Å²) in [5.74, 6) is 0.872. The second-order valence-corrected chi connectivity index (χ2v) is 7.61. The number of benzene rings is 2. The summed E-state index contributed by atoms with van der Waals surface area (Å²) in [6.07, 6.45) is 0.0215. The van der Waals surface area contributed by atoms with Crippen LogP contribution in [0.3, 0.4) is 0 Å². The molecule has 1 unspecified atom stereocenters. The van der Waals surface area contributed by atoms with Crippen LogP contribution in [0, 0.1) is 0 Å². The van der Waals surface area contributed by atoms with E-state index >= 15 is 0 Å². The summed E-state index contributed by atoms with van der Waals surface area (Å²) in [6.45, 7) is 9.29. The summed E-state index contributed by atoms with van der Waals surface area (Å²) in [5, 5.41) is 4.52. The van der Waals surface area contributed by atoms with Gasteiger partial charge in [0.2, 0.25) is 0 Å². The lowest BCUT2D eigenvalue weighted by Crippen LogP contribution is -2.22. The van der Waals surface area contributed by atoms with Crippen molar-refractivity contribution in [1.29, 1.82) is 0 Å². The predicted octanol–water partition coefficient (Wildman–Crippen LogP) is 6.17. The minimum absolute atomic E-state index is 0.0215. The van der Waals surface area contributed by atoms with E-state index in [1.54, 1.807) is 6.07 Å². The van der Waals surface area contributed by atoms with Crippen LogP contribution in [-0.4, -0.2) is 12.6 Å². The van der Waals surface area contributed by atoms with E-state index in [2.05, 4.69) is 38.2 Å². The monoisotopic (exact) mass is 351 g/mol. The second-order valence-electron chi connectivity index (χ2n) is 6.74. The third-order valence-corrected chi connectivity index (χ3v) is 3.95. The Hall–Kier alpha value is -1.38. The van der Waals surface area contributed by atoms with Gasteiger partial charge in [-0.05, 0) is 48.2 Å². The first kappa shape index (κ1) is 18.0. The van der Waals surface area contributed by atoms with Gasteiger partial charge in [-0.25, -0.2) is 0 Å². The molecule has 0 amide bonds. The summed E-state index contributed by atoms with van der Waals surface area (Å²) in [4.78, 5) is 0. The lowest BCUT2D eigenvalue weighted by molar-refractivity contribution is 0.234. The van der Waals surface area contributed by atoms with Crippen molar-refractivity contribution in [1.82, 2.24) is 0 Å². The molecule has 0 saturated carbocycles. The van der Waals surface area contributed by atoms with E-state index in [4.69, 9.17) is 27.9 Å². The Labute approximate surface area is 148 Å². The van der Waals surface area contributed by atoms with E-state index in [0.717, 1.165) is 11.4 Å². The van der Waals surface area contributed by atoms with Gasteiger partial charge < -0.3 is 10.1 Å². The highest BCUT2D eigenvalue weighted by atomic mass is 35.5. The number of halogens is 2. The Morgan fingerprint density at radius 3 is 2.09 bits per heavy atom. The maximum atomic E-state index is 5.99. The smallest absolute Gasteiger partial charge is 0.119 e. The van der Waals surface area contributed by atoms with Crippen LogP contribution in [0.15, 0.2) is 42.5 Å². The molecule has 0 spiro atoms. The fraction of sp³-hybridized carbons (Fsp3) is 0.368. The van der Waals surface area contributed by atoms with Gasteiger partial charge in [-0.3, -0.25) is 0 Å². The molecule has 0 aliphatic rings. The van der Waals surface area contributed by atoms with E-state index < -0.39 is 0 Å². The van der Waals surface area contributed by atoms with Crippen LogP contribution >= 0.6 is 23.2 Å². The Balaban J connectivity index is 1.90. The molecule has 0 radical (unpaired) electrons. The van der Waals surface area contributed by atoms with E-state index in [-0.39, 0.29) is 11.5 Å². The standard InChI is InChI=1S/C19H23Cl2NO/c1-13(12-22-17-10-15(20)9-16(21)11-17)23-18-7-5-14(6-8-18)19(2,3)4/h5-11,13,22H,12H2,1-4H3. The number of ether oxygens (including phenoxy) is 1. The van der Waals surface area contributed by atoms with Gasteiger partial charge in [0.15, 0.2) is 0 Å². The van der Waals surface area contributed by atoms with Crippen LogP contribution < -0.4 is 10.1 Å². The molecular formula is C19H23Cl2NO. The third kappa shape index (κ3) is 5.63. The summed E-state index contributed by atoms with van der Waals surface area (Å²) < 4.78 is 5.94. The zero-order valence-electron chi connectivity index (χ0n) is 14.0. The predicted molar refractivity (Wildman–Crippen MR) is 100 cm³/mol. The summed E-state index contributed by atoms with van der Waals surface area (Å²) in [7, 11) is 0. The second kappa shape index (κ2) is 7.46. The minimum atomic E-state index is 0.0215. The molecule has 0 aliphatic carbocycles. The van der Waals surface area contributed by atoms with Crippen molar-refractivity contribution in [3.8, 4) is 5.75 Å². The lowest BCUT2D eigenvalue weighted by Gasteiger charge is -2.20. The van der Waals surface area contributed by atoms with Crippen molar-refractivity contribution >= 4 is 28.9 Å². The molecular weight excluding hydrogens is 329 g/mol. The van der Waals surface area contributed by atoms with Crippen LogP contribution in [0.1, 0.15) is 33.3 Å². The maximum absolute atomic E-state index is 5.99. The summed E-state index contributed by atoms with van der Waals surface area (Å²) in [6, 6.07) is 13.7. The molecule has 23 heavy (non-hydrogen) atoms. The molecule has 0 bridgehead atoms. The van der Waals surface area contributed by atoms with E-state index in [0.29, 0.717) is 16.6 Å². The average Bonchev–Trinajstić information content (AvgIpc) is 2.44. The first-order valence-corrected chi connectivity index (χ1v) is 8.47. The van der Waals surface area contributed by atoms with Gasteiger partial charge in [-0.2, -0.15) is 0 Å². The van der Waals surface area contributed by atoms with Crippen LogP contribution in [0.5, 0.6) is 5.75 Å². The van der Waals surface area contributed by atoms with Crippen molar-refractivity contribution in [3.63, 3.8) is 0 Å². The molecule has 2 rings (SSSR count). The van der Waals surface area contributed by atoms with Gasteiger partial charge in [0, 0.05) is 15.7 Å². The molecule has 2 aromatic rings. The van der Waals surface area contributed by atoms with Crippen LogP contribution in [0.2, 0.25) is 10.0 Å². The number of hydrogen-bond acceptors (Lipinski definition) is 2. The number of rotatable bonds is 5. The topological polar surface area (TPSA) is 21.3 Å². The number of anilines is 1. The normalized spacial score (nSPS) is 12.8. The number of nitrogens with one attached hydrogen (secondary N) is 1. The Morgan fingerprint density at radius 1 is 1.00 bits per heavy atom. The first-order chi connectivity index (χ1) is 10.7. The van der Waals surface area contributed by atoms with Gasteiger partial charge in [0.1, 0.15) is 11.9 Å². The Kier molecular flexibility index (Phi) is 5.83. The highest BCUT2D eigenvalue weighted by molar-refractivity contribution is 6.35. The average molecular weight is 352 g/mol. The van der Waals surface area contributed by atoms with Gasteiger partial charge >= 0.3 is 0 Å². The van der Waals surface area contributed by atoms with Crippen molar-refractivity contribution in [2.24, 2.45) is 0 Å². The fourth-order valence-corrected chi connectivity index (χ4v) is 2.75. The summed E-state index contributed by atoms with van der Waals surface area (Å²) >= 11 is 12.0. The Bertz CT molecular complexity index is 627. The maximum Gasteiger partial charge on any atom is 0.119 e. The van der Waals surface area contributed by atoms with Crippen molar-refractivity contribution in [2.45, 2.75) is 39.2 Å². The third-order valence-electron chi connectivity index (χ3n) is 3.51. The molecule has 1 atom stereocenters. The van der Waals surface area contributed by atoms with Crippen LogP contribution in [0.4, 0.5) is 5.69 Å². The van der Waals surface area contributed by atoms with Crippen molar-refractivity contribution in [3.05, 3.63) is 58.1 Å². The van der Waals surface area contributed by atoms with E-state index in [9.17, 15) is 0 Å². The molecule has 0 saturated heterocycles. The molecule has 2 aromatic carbocycles. The van der Waals surface area contributed by atoms with Crippen molar-refractivity contribution < 1.29 is 4.74 Å². The molecule has 2 nitrogen and oxygen atoms in total. The summed E-state index contributed by atoms with van der Waals surface area (Å²) in [5.41, 5.74) is 2.34. The zero-order chi connectivity index (χ0) is 17.0.